The molecule has 1 saturated carbocycles. The maximum atomic E-state index is 3.99. The van der Waals surface area contributed by atoms with Gasteiger partial charge in [0, 0.05) is 21.8 Å². The van der Waals surface area contributed by atoms with Crippen molar-refractivity contribution in [2.45, 2.75) is 84.2 Å². The normalized spacial score (nSPS) is 27.6. The predicted molar refractivity (Wildman–Crippen MR) is 93.1 cm³/mol. The van der Waals surface area contributed by atoms with Crippen LogP contribution in [0.1, 0.15) is 80.7 Å². The summed E-state index contributed by atoms with van der Waals surface area (Å²) in [4.78, 5) is 3.25. The molecule has 3 rings (SSSR count). The Morgan fingerprint density at radius 3 is 2.57 bits per heavy atom. The van der Waals surface area contributed by atoms with Crippen LogP contribution in [0.25, 0.3) is 0 Å². The highest BCUT2D eigenvalue weighted by atomic mass is 32.1. The third-order valence-corrected chi connectivity index (χ3v) is 7.00. The third kappa shape index (κ3) is 3.53. The van der Waals surface area contributed by atoms with Crippen LogP contribution in [-0.2, 0) is 12.8 Å². The van der Waals surface area contributed by atoms with Crippen LogP contribution in [0.15, 0.2) is 6.07 Å². The molecule has 118 valence electrons. The standard InChI is InChI=1S/C19H31NS/c1-13(2)16-9-5-6-10-17(16)20-14(3)19-12-15-8-4-7-11-18(15)21-19/h12-14,16-17,20H,4-11H2,1-3H3. The Hall–Kier alpha value is -0.340. The second-order valence-electron chi connectivity index (χ2n) is 7.49. The smallest absolute Gasteiger partial charge is 0.0388 e. The molecule has 1 heterocycles. The molecule has 3 unspecified atom stereocenters. The second-order valence-corrected chi connectivity index (χ2v) is 8.66. The van der Waals surface area contributed by atoms with Gasteiger partial charge < -0.3 is 5.32 Å². The second kappa shape index (κ2) is 6.83. The Morgan fingerprint density at radius 1 is 1.05 bits per heavy atom. The zero-order valence-corrected chi connectivity index (χ0v) is 14.8. The fourth-order valence-corrected chi connectivity index (χ4v) is 5.56. The van der Waals surface area contributed by atoms with E-state index in [0.29, 0.717) is 6.04 Å². The van der Waals surface area contributed by atoms with E-state index in [0.717, 1.165) is 17.9 Å². The first-order valence-corrected chi connectivity index (χ1v) is 9.84. The van der Waals surface area contributed by atoms with Crippen molar-refractivity contribution in [1.29, 1.82) is 0 Å². The van der Waals surface area contributed by atoms with Crippen LogP contribution in [0.2, 0.25) is 0 Å². The molecule has 0 radical (unpaired) electrons. The largest absolute Gasteiger partial charge is 0.306 e. The van der Waals surface area contributed by atoms with Crippen LogP contribution >= 0.6 is 11.3 Å². The van der Waals surface area contributed by atoms with Gasteiger partial charge in [-0.1, -0.05) is 26.7 Å². The average molecular weight is 306 g/mol. The van der Waals surface area contributed by atoms with Gasteiger partial charge in [0.25, 0.3) is 0 Å². The van der Waals surface area contributed by atoms with Crippen LogP contribution in [-0.4, -0.2) is 6.04 Å². The highest BCUT2D eigenvalue weighted by molar-refractivity contribution is 7.12. The maximum absolute atomic E-state index is 3.99. The summed E-state index contributed by atoms with van der Waals surface area (Å²) in [5.74, 6) is 1.68. The van der Waals surface area contributed by atoms with Crippen molar-refractivity contribution < 1.29 is 0 Å². The van der Waals surface area contributed by atoms with Crippen molar-refractivity contribution >= 4 is 11.3 Å². The minimum absolute atomic E-state index is 0.532. The van der Waals surface area contributed by atoms with E-state index < -0.39 is 0 Å². The maximum Gasteiger partial charge on any atom is 0.0388 e. The lowest BCUT2D eigenvalue weighted by molar-refractivity contribution is 0.195. The van der Waals surface area contributed by atoms with Gasteiger partial charge in [-0.25, -0.2) is 0 Å². The summed E-state index contributed by atoms with van der Waals surface area (Å²) in [6, 6.07) is 3.77. The lowest BCUT2D eigenvalue weighted by Crippen LogP contribution is -2.41. The Morgan fingerprint density at radius 2 is 1.81 bits per heavy atom. The van der Waals surface area contributed by atoms with Gasteiger partial charge in [-0.15, -0.1) is 11.3 Å². The van der Waals surface area contributed by atoms with E-state index in [4.69, 9.17) is 0 Å². The van der Waals surface area contributed by atoms with Crippen LogP contribution in [0.5, 0.6) is 0 Å². The van der Waals surface area contributed by atoms with E-state index in [1.807, 2.05) is 0 Å². The Balaban J connectivity index is 1.67. The Bertz CT molecular complexity index is 439. The van der Waals surface area contributed by atoms with Crippen LogP contribution in [0, 0.1) is 11.8 Å². The number of aryl methyl sites for hydroxylation is 2. The van der Waals surface area contributed by atoms with E-state index in [1.165, 1.54) is 51.4 Å². The molecule has 2 aliphatic rings. The first-order valence-electron chi connectivity index (χ1n) is 9.02. The van der Waals surface area contributed by atoms with Gasteiger partial charge >= 0.3 is 0 Å². The average Bonchev–Trinajstić information content (AvgIpc) is 2.91. The predicted octanol–water partition coefficient (Wildman–Crippen LogP) is 5.49. The van der Waals surface area contributed by atoms with Crippen molar-refractivity contribution in [2.24, 2.45) is 11.8 Å². The van der Waals surface area contributed by atoms with Gasteiger partial charge in [-0.2, -0.15) is 0 Å². The van der Waals surface area contributed by atoms with Gasteiger partial charge in [0.15, 0.2) is 0 Å². The Kier molecular flexibility index (Phi) is 5.06. The molecular formula is C19H31NS. The Labute approximate surface area is 134 Å². The number of hydrogen-bond acceptors (Lipinski definition) is 2. The fraction of sp³-hybridized carbons (Fsp3) is 0.789. The summed E-state index contributed by atoms with van der Waals surface area (Å²) in [7, 11) is 0. The first kappa shape index (κ1) is 15.6. The van der Waals surface area contributed by atoms with Crippen LogP contribution in [0.4, 0.5) is 0 Å². The molecule has 1 N–H and O–H groups in total. The lowest BCUT2D eigenvalue weighted by Gasteiger charge is -2.36. The highest BCUT2D eigenvalue weighted by Crippen LogP contribution is 2.35. The quantitative estimate of drug-likeness (QED) is 0.775. The first-order chi connectivity index (χ1) is 10.1. The third-order valence-electron chi connectivity index (χ3n) is 5.58. The molecular weight excluding hydrogens is 274 g/mol. The minimum atomic E-state index is 0.532. The molecule has 2 aliphatic carbocycles. The number of rotatable bonds is 4. The monoisotopic (exact) mass is 305 g/mol. The van der Waals surface area contributed by atoms with Crippen LogP contribution in [0.3, 0.4) is 0 Å². The summed E-state index contributed by atoms with van der Waals surface area (Å²) >= 11 is 2.08. The van der Waals surface area contributed by atoms with E-state index in [9.17, 15) is 0 Å². The van der Waals surface area contributed by atoms with Crippen molar-refractivity contribution in [3.8, 4) is 0 Å². The summed E-state index contributed by atoms with van der Waals surface area (Å²) in [5.41, 5.74) is 1.65. The van der Waals surface area contributed by atoms with Gasteiger partial charge in [-0.3, -0.25) is 0 Å². The number of thiophene rings is 1. The summed E-state index contributed by atoms with van der Waals surface area (Å²) < 4.78 is 0. The summed E-state index contributed by atoms with van der Waals surface area (Å²) in [5, 5.41) is 3.99. The molecule has 0 aliphatic heterocycles. The van der Waals surface area contributed by atoms with Crippen LogP contribution < -0.4 is 5.32 Å². The van der Waals surface area contributed by atoms with Crippen molar-refractivity contribution in [3.05, 3.63) is 21.4 Å². The van der Waals surface area contributed by atoms with Crippen molar-refractivity contribution in [3.63, 3.8) is 0 Å². The zero-order chi connectivity index (χ0) is 14.8. The van der Waals surface area contributed by atoms with Crippen molar-refractivity contribution in [1.82, 2.24) is 5.32 Å². The topological polar surface area (TPSA) is 12.0 Å². The van der Waals surface area contributed by atoms with E-state index in [-0.39, 0.29) is 0 Å². The number of fused-ring (bicyclic) bond motifs is 1. The molecule has 1 fully saturated rings. The summed E-state index contributed by atoms with van der Waals surface area (Å²) in [6.07, 6.45) is 11.1. The molecule has 3 atom stereocenters. The molecule has 2 heteroatoms. The molecule has 0 saturated heterocycles. The molecule has 1 nitrogen and oxygen atoms in total. The number of nitrogens with one attached hydrogen (secondary N) is 1. The molecule has 0 spiro atoms. The lowest BCUT2D eigenvalue weighted by atomic mass is 9.77. The molecule has 21 heavy (non-hydrogen) atoms. The van der Waals surface area contributed by atoms with Gasteiger partial charge in [-0.05, 0) is 68.9 Å². The van der Waals surface area contributed by atoms with Gasteiger partial charge in [0.2, 0.25) is 0 Å². The highest BCUT2D eigenvalue weighted by Gasteiger charge is 2.29. The van der Waals surface area contributed by atoms with Crippen molar-refractivity contribution in [2.75, 3.05) is 0 Å². The van der Waals surface area contributed by atoms with Gasteiger partial charge in [0.05, 0.1) is 0 Å². The molecule has 1 aromatic heterocycles. The summed E-state index contributed by atoms with van der Waals surface area (Å²) in [6.45, 7) is 7.18. The van der Waals surface area contributed by atoms with E-state index in [1.54, 1.807) is 15.3 Å². The van der Waals surface area contributed by atoms with E-state index in [2.05, 4.69) is 43.5 Å². The molecule has 0 bridgehead atoms. The number of hydrogen-bond donors (Lipinski definition) is 1. The SMILES string of the molecule is CC(NC1CCCCC1C(C)C)c1cc2c(s1)CCCC2. The minimum Gasteiger partial charge on any atom is -0.306 e. The molecule has 1 aromatic rings. The fourth-order valence-electron chi connectivity index (χ4n) is 4.29. The molecule has 0 aromatic carbocycles. The zero-order valence-electron chi connectivity index (χ0n) is 14.0. The van der Waals surface area contributed by atoms with Gasteiger partial charge in [0.1, 0.15) is 0 Å². The van der Waals surface area contributed by atoms with E-state index >= 15 is 0 Å². The molecule has 0 amide bonds.